The van der Waals surface area contributed by atoms with Crippen molar-refractivity contribution in [3.8, 4) is 11.5 Å². The van der Waals surface area contributed by atoms with E-state index >= 15 is 0 Å². The fourth-order valence-corrected chi connectivity index (χ4v) is 9.79. The van der Waals surface area contributed by atoms with E-state index in [4.69, 9.17) is 9.47 Å². The van der Waals surface area contributed by atoms with Crippen molar-refractivity contribution in [2.75, 3.05) is 19.6 Å². The molecular formula is C38H42N2O4. The third-order valence-electron chi connectivity index (χ3n) is 12.0. The molecule has 1 N–H and O–H groups in total. The van der Waals surface area contributed by atoms with Crippen molar-refractivity contribution in [2.45, 2.75) is 87.2 Å². The lowest BCUT2D eigenvalue weighted by atomic mass is 9.48. The number of piperidine rings is 1. The molecule has 9 rings (SSSR count). The van der Waals surface area contributed by atoms with Crippen molar-refractivity contribution in [2.24, 2.45) is 11.8 Å². The number of likely N-dealkylation sites (tertiary alicyclic amines) is 2. The van der Waals surface area contributed by atoms with Crippen LogP contribution in [0.2, 0.25) is 0 Å². The first-order chi connectivity index (χ1) is 21.5. The number of aliphatic hydroxyl groups is 1. The minimum absolute atomic E-state index is 0.000639. The molecule has 3 aromatic carbocycles. The lowest BCUT2D eigenvalue weighted by molar-refractivity contribution is -0.200. The van der Waals surface area contributed by atoms with E-state index in [1.807, 2.05) is 24.3 Å². The molecule has 2 bridgehead atoms. The van der Waals surface area contributed by atoms with Gasteiger partial charge >= 0.3 is 0 Å². The smallest absolute Gasteiger partial charge is 0.226 e. The maximum atomic E-state index is 14.1. The van der Waals surface area contributed by atoms with Crippen LogP contribution in [-0.2, 0) is 29.7 Å². The zero-order valence-corrected chi connectivity index (χ0v) is 25.4. The second-order valence-corrected chi connectivity index (χ2v) is 14.4. The highest BCUT2D eigenvalue weighted by Crippen LogP contribution is 2.66. The predicted octanol–water partition coefficient (Wildman–Crippen LogP) is 5.29. The first-order valence-corrected chi connectivity index (χ1v) is 16.9. The predicted molar refractivity (Wildman–Crippen MR) is 168 cm³/mol. The van der Waals surface area contributed by atoms with Gasteiger partial charge in [0.05, 0.1) is 17.1 Å². The standard InChI is InChI=1S/C38H42N2O4/c41-36-29(21-25-7-3-1-4-8-25)16-19-40(36)30-15-17-38(42)32-22-28-13-14-31(43-24-27-9-5-2-6-10-27)34-33(28)37(38,35(30)44-34)18-20-39(32)23-26-11-12-26/h1-10,13-14,26,29-30,32,35,42H,11-12,15-24H2/t29?,30-,32-,35+,37+,38-/m1/s1. The Labute approximate surface area is 260 Å². The lowest BCUT2D eigenvalue weighted by Crippen LogP contribution is -2.78. The number of amides is 1. The highest BCUT2D eigenvalue weighted by molar-refractivity contribution is 5.82. The second-order valence-electron chi connectivity index (χ2n) is 14.4. The third kappa shape index (κ3) is 3.96. The molecule has 1 amide bonds. The van der Waals surface area contributed by atoms with Crippen LogP contribution in [0.25, 0.3) is 0 Å². The molecule has 6 aliphatic rings. The average Bonchev–Trinajstić information content (AvgIpc) is 3.70. The van der Waals surface area contributed by atoms with Crippen LogP contribution in [0.1, 0.15) is 60.8 Å². The van der Waals surface area contributed by atoms with Gasteiger partial charge in [-0.2, -0.15) is 0 Å². The molecule has 3 aliphatic carbocycles. The fourth-order valence-electron chi connectivity index (χ4n) is 9.79. The number of ether oxygens (including phenoxy) is 2. The van der Waals surface area contributed by atoms with Crippen molar-refractivity contribution in [3.05, 3.63) is 95.1 Å². The summed E-state index contributed by atoms with van der Waals surface area (Å²) in [4.78, 5) is 18.8. The number of nitrogens with zero attached hydrogens (tertiary/aromatic N) is 2. The topological polar surface area (TPSA) is 62.2 Å². The highest BCUT2D eigenvalue weighted by Gasteiger charge is 2.73. The summed E-state index contributed by atoms with van der Waals surface area (Å²) in [6.07, 6.45) is 7.16. The number of carbonyl (C=O) groups excluding carboxylic acids is 1. The minimum atomic E-state index is -0.885. The summed E-state index contributed by atoms with van der Waals surface area (Å²) in [5, 5.41) is 13.0. The van der Waals surface area contributed by atoms with Gasteiger partial charge in [0.2, 0.25) is 5.91 Å². The van der Waals surface area contributed by atoms with Crippen LogP contribution in [0.5, 0.6) is 11.5 Å². The van der Waals surface area contributed by atoms with Gasteiger partial charge in [0.1, 0.15) is 12.7 Å². The van der Waals surface area contributed by atoms with Gasteiger partial charge in [-0.05, 0) is 86.6 Å². The quantitative estimate of drug-likeness (QED) is 0.387. The molecule has 6 nitrogen and oxygen atoms in total. The van der Waals surface area contributed by atoms with Gasteiger partial charge in [-0.1, -0.05) is 66.7 Å². The highest BCUT2D eigenvalue weighted by atomic mass is 16.5. The summed E-state index contributed by atoms with van der Waals surface area (Å²) in [6.45, 7) is 3.27. The van der Waals surface area contributed by atoms with Crippen molar-refractivity contribution < 1.29 is 19.4 Å². The summed E-state index contributed by atoms with van der Waals surface area (Å²) in [7, 11) is 0. The van der Waals surface area contributed by atoms with Crippen molar-refractivity contribution in [1.82, 2.24) is 9.80 Å². The molecule has 2 saturated carbocycles. The van der Waals surface area contributed by atoms with E-state index in [0.717, 1.165) is 74.7 Å². The Bertz CT molecular complexity index is 1570. The molecule has 4 fully saturated rings. The summed E-state index contributed by atoms with van der Waals surface area (Å²) >= 11 is 0. The fraction of sp³-hybridized carbons (Fsp3) is 0.500. The molecule has 3 heterocycles. The zero-order chi connectivity index (χ0) is 29.5. The van der Waals surface area contributed by atoms with Gasteiger partial charge in [-0.3, -0.25) is 9.69 Å². The Balaban J connectivity index is 1.08. The van der Waals surface area contributed by atoms with Gasteiger partial charge in [0.15, 0.2) is 11.5 Å². The van der Waals surface area contributed by atoms with Gasteiger partial charge in [0, 0.05) is 30.6 Å². The molecule has 1 spiro atoms. The maximum Gasteiger partial charge on any atom is 0.226 e. The van der Waals surface area contributed by atoms with E-state index in [2.05, 4.69) is 58.3 Å². The van der Waals surface area contributed by atoms with E-state index in [0.29, 0.717) is 13.0 Å². The van der Waals surface area contributed by atoms with E-state index in [-0.39, 0.29) is 30.0 Å². The number of benzene rings is 3. The second kappa shape index (κ2) is 10.1. The Hall–Kier alpha value is -3.35. The van der Waals surface area contributed by atoms with Crippen LogP contribution >= 0.6 is 0 Å². The van der Waals surface area contributed by atoms with Gasteiger partial charge < -0.3 is 19.5 Å². The Morgan fingerprint density at radius 3 is 2.43 bits per heavy atom. The van der Waals surface area contributed by atoms with E-state index in [9.17, 15) is 9.90 Å². The van der Waals surface area contributed by atoms with E-state index in [1.165, 1.54) is 29.5 Å². The molecule has 3 aromatic rings. The van der Waals surface area contributed by atoms with Crippen LogP contribution in [-0.4, -0.2) is 64.2 Å². The maximum absolute atomic E-state index is 14.1. The van der Waals surface area contributed by atoms with Crippen molar-refractivity contribution >= 4 is 5.91 Å². The Morgan fingerprint density at radius 1 is 0.886 bits per heavy atom. The largest absolute Gasteiger partial charge is 0.485 e. The summed E-state index contributed by atoms with van der Waals surface area (Å²) in [6, 6.07) is 25.0. The summed E-state index contributed by atoms with van der Waals surface area (Å²) < 4.78 is 13.6. The monoisotopic (exact) mass is 590 g/mol. The van der Waals surface area contributed by atoms with Crippen LogP contribution < -0.4 is 9.47 Å². The van der Waals surface area contributed by atoms with Gasteiger partial charge in [-0.15, -0.1) is 0 Å². The zero-order valence-electron chi connectivity index (χ0n) is 25.4. The number of carbonyl (C=O) groups is 1. The molecule has 0 aromatic heterocycles. The molecule has 6 heteroatoms. The molecule has 6 atom stereocenters. The van der Waals surface area contributed by atoms with Crippen molar-refractivity contribution in [1.29, 1.82) is 0 Å². The summed E-state index contributed by atoms with van der Waals surface area (Å²) in [5.74, 6) is 2.59. The first kappa shape index (κ1) is 27.0. The minimum Gasteiger partial charge on any atom is -0.485 e. The molecule has 228 valence electrons. The number of hydrogen-bond donors (Lipinski definition) is 1. The normalized spacial score (nSPS) is 33.7. The van der Waals surface area contributed by atoms with E-state index in [1.54, 1.807) is 0 Å². The summed E-state index contributed by atoms with van der Waals surface area (Å²) in [5.41, 5.74) is 3.38. The van der Waals surface area contributed by atoms with E-state index < -0.39 is 11.0 Å². The third-order valence-corrected chi connectivity index (χ3v) is 12.0. The molecule has 0 radical (unpaired) electrons. The molecule has 1 unspecified atom stereocenters. The average molecular weight is 591 g/mol. The number of rotatable bonds is 8. The van der Waals surface area contributed by atoms with Crippen LogP contribution in [0.3, 0.4) is 0 Å². The molecular weight excluding hydrogens is 548 g/mol. The number of hydrogen-bond acceptors (Lipinski definition) is 5. The molecule has 3 aliphatic heterocycles. The van der Waals surface area contributed by atoms with Crippen LogP contribution in [0.15, 0.2) is 72.8 Å². The SMILES string of the molecule is O=C1C(Cc2ccccc2)CCN1[C@@H]1CC[C@@]2(O)[C@H]3Cc4ccc(OCc5ccccc5)c5c4[C@@]2(CCN3CC2CC2)[C@H]1O5. The Kier molecular flexibility index (Phi) is 6.19. The Morgan fingerprint density at radius 2 is 1.66 bits per heavy atom. The lowest BCUT2D eigenvalue weighted by Gasteiger charge is -2.64. The molecule has 2 saturated heterocycles. The van der Waals surface area contributed by atoms with Crippen LogP contribution in [0.4, 0.5) is 0 Å². The van der Waals surface area contributed by atoms with Crippen molar-refractivity contribution in [3.63, 3.8) is 0 Å². The van der Waals surface area contributed by atoms with Gasteiger partial charge in [0.25, 0.3) is 0 Å². The van der Waals surface area contributed by atoms with Crippen LogP contribution in [0, 0.1) is 11.8 Å². The first-order valence-electron chi connectivity index (χ1n) is 16.9. The molecule has 44 heavy (non-hydrogen) atoms. The van der Waals surface area contributed by atoms with Gasteiger partial charge in [-0.25, -0.2) is 0 Å².